The fraction of sp³-hybridized carbons (Fsp3) is 0.278. The van der Waals surface area contributed by atoms with Crippen molar-refractivity contribution in [2.45, 2.75) is 33.3 Å². The van der Waals surface area contributed by atoms with Crippen LogP contribution < -0.4 is 10.5 Å². The van der Waals surface area contributed by atoms with Gasteiger partial charge in [-0.15, -0.1) is 0 Å². The van der Waals surface area contributed by atoms with E-state index in [0.29, 0.717) is 18.1 Å². The standard InChI is InChI=1S/C18H22N2O/c1-12(2)15-8-5-14(6-9-15)11-21-17-10-16(18(19)20)7-4-13(17)3/h4-10,12H,11H2,1-3H3,(H3,19,20). The molecule has 0 heterocycles. The number of nitrogens with one attached hydrogen (secondary N) is 1. The second-order valence-electron chi connectivity index (χ2n) is 5.58. The average molecular weight is 282 g/mol. The minimum Gasteiger partial charge on any atom is -0.489 e. The summed E-state index contributed by atoms with van der Waals surface area (Å²) in [6.45, 7) is 6.87. The Morgan fingerprint density at radius 2 is 1.81 bits per heavy atom. The van der Waals surface area contributed by atoms with E-state index in [2.05, 4.69) is 38.1 Å². The lowest BCUT2D eigenvalue weighted by molar-refractivity contribution is 0.304. The van der Waals surface area contributed by atoms with E-state index in [4.69, 9.17) is 15.9 Å². The van der Waals surface area contributed by atoms with Crippen LogP contribution in [-0.4, -0.2) is 5.84 Å². The fourth-order valence-corrected chi connectivity index (χ4v) is 2.08. The third-order valence-electron chi connectivity index (χ3n) is 3.54. The molecule has 0 unspecified atom stereocenters. The van der Waals surface area contributed by atoms with Gasteiger partial charge < -0.3 is 10.5 Å². The number of ether oxygens (including phenoxy) is 1. The monoisotopic (exact) mass is 282 g/mol. The smallest absolute Gasteiger partial charge is 0.123 e. The van der Waals surface area contributed by atoms with Gasteiger partial charge in [-0.25, -0.2) is 0 Å². The summed E-state index contributed by atoms with van der Waals surface area (Å²) >= 11 is 0. The first-order valence-electron chi connectivity index (χ1n) is 7.14. The third-order valence-corrected chi connectivity index (χ3v) is 3.54. The number of nitrogens with two attached hydrogens (primary N) is 1. The lowest BCUT2D eigenvalue weighted by Crippen LogP contribution is -2.11. The average Bonchev–Trinajstić information content (AvgIpc) is 2.46. The van der Waals surface area contributed by atoms with Gasteiger partial charge in [-0.05, 0) is 35.6 Å². The predicted molar refractivity (Wildman–Crippen MR) is 87.1 cm³/mol. The van der Waals surface area contributed by atoms with Crippen LogP contribution in [0.3, 0.4) is 0 Å². The third kappa shape index (κ3) is 3.85. The zero-order chi connectivity index (χ0) is 15.4. The Kier molecular flexibility index (Phi) is 4.63. The maximum Gasteiger partial charge on any atom is 0.123 e. The molecule has 0 aliphatic heterocycles. The Morgan fingerprint density at radius 3 is 2.38 bits per heavy atom. The summed E-state index contributed by atoms with van der Waals surface area (Å²) in [6, 6.07) is 14.1. The maximum atomic E-state index is 7.48. The molecule has 0 fully saturated rings. The molecule has 0 radical (unpaired) electrons. The highest BCUT2D eigenvalue weighted by Gasteiger charge is 2.05. The van der Waals surface area contributed by atoms with Crippen LogP contribution in [0.15, 0.2) is 42.5 Å². The number of benzene rings is 2. The molecule has 0 bridgehead atoms. The molecule has 0 aliphatic rings. The Balaban J connectivity index is 2.09. The molecule has 0 aromatic heterocycles. The van der Waals surface area contributed by atoms with Gasteiger partial charge in [0, 0.05) is 5.56 Å². The number of aryl methyl sites for hydroxylation is 1. The number of hydrogen-bond acceptors (Lipinski definition) is 2. The molecular weight excluding hydrogens is 260 g/mol. The molecule has 2 aromatic carbocycles. The Morgan fingerprint density at radius 1 is 1.14 bits per heavy atom. The van der Waals surface area contributed by atoms with Gasteiger partial charge in [0.05, 0.1) is 0 Å². The summed E-state index contributed by atoms with van der Waals surface area (Å²) in [6.07, 6.45) is 0. The van der Waals surface area contributed by atoms with Gasteiger partial charge in [-0.2, -0.15) is 0 Å². The summed E-state index contributed by atoms with van der Waals surface area (Å²) in [5.41, 5.74) is 9.70. The molecule has 3 nitrogen and oxygen atoms in total. The van der Waals surface area contributed by atoms with Crippen LogP contribution in [0.4, 0.5) is 0 Å². The van der Waals surface area contributed by atoms with Crippen LogP contribution in [0.1, 0.15) is 42.0 Å². The molecule has 0 spiro atoms. The summed E-state index contributed by atoms with van der Waals surface area (Å²) in [5.74, 6) is 1.37. The Labute approximate surface area is 126 Å². The molecule has 3 N–H and O–H groups in total. The van der Waals surface area contributed by atoms with Crippen LogP contribution in [0.25, 0.3) is 0 Å². The fourth-order valence-electron chi connectivity index (χ4n) is 2.08. The summed E-state index contributed by atoms with van der Waals surface area (Å²) in [4.78, 5) is 0. The highest BCUT2D eigenvalue weighted by Crippen LogP contribution is 2.21. The normalized spacial score (nSPS) is 10.7. The first kappa shape index (κ1) is 15.1. The quantitative estimate of drug-likeness (QED) is 0.643. The molecule has 0 saturated carbocycles. The molecule has 3 heteroatoms. The second kappa shape index (κ2) is 6.44. The van der Waals surface area contributed by atoms with E-state index in [1.54, 1.807) is 0 Å². The van der Waals surface area contributed by atoms with E-state index < -0.39 is 0 Å². The molecular formula is C18H22N2O. The van der Waals surface area contributed by atoms with E-state index in [1.807, 2.05) is 25.1 Å². The Bertz CT molecular complexity index is 630. The van der Waals surface area contributed by atoms with E-state index in [9.17, 15) is 0 Å². The van der Waals surface area contributed by atoms with Gasteiger partial charge in [0.25, 0.3) is 0 Å². The molecule has 0 atom stereocenters. The lowest BCUT2D eigenvalue weighted by Gasteiger charge is -2.12. The van der Waals surface area contributed by atoms with E-state index >= 15 is 0 Å². The minimum absolute atomic E-state index is 0.0566. The summed E-state index contributed by atoms with van der Waals surface area (Å²) in [5, 5.41) is 7.48. The van der Waals surface area contributed by atoms with Gasteiger partial charge in [0.15, 0.2) is 0 Å². The van der Waals surface area contributed by atoms with Crippen molar-refractivity contribution >= 4 is 5.84 Å². The lowest BCUT2D eigenvalue weighted by atomic mass is 10.0. The largest absolute Gasteiger partial charge is 0.489 e. The number of amidine groups is 1. The first-order valence-corrected chi connectivity index (χ1v) is 7.14. The van der Waals surface area contributed by atoms with Gasteiger partial charge >= 0.3 is 0 Å². The highest BCUT2D eigenvalue weighted by atomic mass is 16.5. The van der Waals surface area contributed by atoms with Gasteiger partial charge in [-0.1, -0.05) is 50.2 Å². The van der Waals surface area contributed by atoms with Crippen LogP contribution in [0.5, 0.6) is 5.75 Å². The highest BCUT2D eigenvalue weighted by molar-refractivity contribution is 5.95. The topological polar surface area (TPSA) is 59.1 Å². The molecule has 110 valence electrons. The van der Waals surface area contributed by atoms with Crippen molar-refractivity contribution in [3.05, 3.63) is 64.7 Å². The number of nitrogen functional groups attached to an aromatic ring is 1. The van der Waals surface area contributed by atoms with E-state index in [1.165, 1.54) is 5.56 Å². The molecule has 0 amide bonds. The molecule has 21 heavy (non-hydrogen) atoms. The van der Waals surface area contributed by atoms with E-state index in [0.717, 1.165) is 16.9 Å². The van der Waals surface area contributed by atoms with Crippen molar-refractivity contribution < 1.29 is 4.74 Å². The number of rotatable bonds is 5. The SMILES string of the molecule is Cc1ccc(C(=N)N)cc1OCc1ccc(C(C)C)cc1. The first-order chi connectivity index (χ1) is 9.97. The van der Waals surface area contributed by atoms with Gasteiger partial charge in [-0.3, -0.25) is 5.41 Å². The van der Waals surface area contributed by atoms with Crippen molar-refractivity contribution in [3.8, 4) is 5.75 Å². The van der Waals surface area contributed by atoms with Crippen molar-refractivity contribution in [3.63, 3.8) is 0 Å². The summed E-state index contributed by atoms with van der Waals surface area (Å²) in [7, 11) is 0. The van der Waals surface area contributed by atoms with Crippen molar-refractivity contribution in [1.29, 1.82) is 5.41 Å². The zero-order valence-electron chi connectivity index (χ0n) is 12.8. The van der Waals surface area contributed by atoms with Crippen LogP contribution in [0, 0.1) is 12.3 Å². The van der Waals surface area contributed by atoms with Crippen molar-refractivity contribution in [2.24, 2.45) is 5.73 Å². The minimum atomic E-state index is 0.0566. The van der Waals surface area contributed by atoms with Crippen LogP contribution in [-0.2, 0) is 6.61 Å². The molecule has 2 aromatic rings. The Hall–Kier alpha value is -2.29. The van der Waals surface area contributed by atoms with Gasteiger partial charge in [0.1, 0.15) is 18.2 Å². The molecule has 2 rings (SSSR count). The molecule has 0 saturated heterocycles. The number of hydrogen-bond donors (Lipinski definition) is 2. The van der Waals surface area contributed by atoms with Crippen molar-refractivity contribution in [1.82, 2.24) is 0 Å². The summed E-state index contributed by atoms with van der Waals surface area (Å²) < 4.78 is 5.86. The molecule has 0 aliphatic carbocycles. The maximum absolute atomic E-state index is 7.48. The van der Waals surface area contributed by atoms with E-state index in [-0.39, 0.29) is 5.84 Å². The van der Waals surface area contributed by atoms with Crippen LogP contribution in [0.2, 0.25) is 0 Å². The second-order valence-corrected chi connectivity index (χ2v) is 5.58. The van der Waals surface area contributed by atoms with Gasteiger partial charge in [0.2, 0.25) is 0 Å². The zero-order valence-corrected chi connectivity index (χ0v) is 12.8. The van der Waals surface area contributed by atoms with Crippen LogP contribution >= 0.6 is 0 Å². The van der Waals surface area contributed by atoms with Crippen molar-refractivity contribution in [2.75, 3.05) is 0 Å². The predicted octanol–water partition coefficient (Wildman–Crippen LogP) is 3.98.